The molecule has 0 spiro atoms. The van der Waals surface area contributed by atoms with Gasteiger partial charge in [-0.3, -0.25) is 4.79 Å². The van der Waals surface area contributed by atoms with Crippen molar-refractivity contribution in [3.8, 4) is 11.4 Å². The van der Waals surface area contributed by atoms with Crippen molar-refractivity contribution in [3.05, 3.63) is 60.0 Å². The Bertz CT molecular complexity index is 951. The molecule has 0 unspecified atom stereocenters. The molecule has 1 amide bonds. The number of carbonyl (C=O) groups is 1. The average Bonchev–Trinajstić information content (AvgIpc) is 3.14. The van der Waals surface area contributed by atoms with E-state index in [1.807, 2.05) is 49.2 Å². The zero-order valence-corrected chi connectivity index (χ0v) is 17.0. The van der Waals surface area contributed by atoms with Crippen LogP contribution in [0.4, 0.5) is 11.5 Å². The molecule has 1 aromatic carbocycles. The Hall–Kier alpha value is -3.39. The second-order valence-corrected chi connectivity index (χ2v) is 6.55. The maximum atomic E-state index is 12.6. The van der Waals surface area contributed by atoms with Gasteiger partial charge in [0.25, 0.3) is 5.91 Å². The first-order valence-electron chi connectivity index (χ1n) is 9.20. The molecule has 29 heavy (non-hydrogen) atoms. The van der Waals surface area contributed by atoms with Gasteiger partial charge in [-0.05, 0) is 49.4 Å². The molecule has 3 aromatic rings. The molecule has 2 heterocycles. The van der Waals surface area contributed by atoms with Crippen molar-refractivity contribution in [2.24, 2.45) is 0 Å². The van der Waals surface area contributed by atoms with Crippen LogP contribution in [0, 0.1) is 6.92 Å². The van der Waals surface area contributed by atoms with Crippen LogP contribution in [0.25, 0.3) is 5.69 Å². The molecule has 3 rings (SSSR count). The number of aromatic nitrogens is 3. The maximum absolute atomic E-state index is 12.6. The molecule has 0 atom stereocenters. The lowest BCUT2D eigenvalue weighted by atomic mass is 10.3. The summed E-state index contributed by atoms with van der Waals surface area (Å²) in [7, 11) is 5.25. The highest BCUT2D eigenvalue weighted by Crippen LogP contribution is 2.18. The number of nitrogens with zero attached hydrogens (tertiary/aromatic N) is 4. The number of anilines is 2. The van der Waals surface area contributed by atoms with E-state index in [1.165, 1.54) is 0 Å². The lowest BCUT2D eigenvalue weighted by molar-refractivity contribution is 0.102. The standard InChI is InChI=1S/C21H25N5O3/c1-15-13-19(24-26(15)16-5-8-18(29-4)9-6-16)21(27)23-20-10-7-17(14-22-20)25(2)11-12-28-3/h5-10,13-14H,11-12H2,1-4H3,(H,22,23,27). The molecule has 8 heteroatoms. The third-order valence-electron chi connectivity index (χ3n) is 4.50. The normalized spacial score (nSPS) is 10.6. The van der Waals surface area contributed by atoms with Crippen LogP contribution in [0.1, 0.15) is 16.2 Å². The van der Waals surface area contributed by atoms with Crippen molar-refractivity contribution >= 4 is 17.4 Å². The first-order valence-corrected chi connectivity index (χ1v) is 9.20. The number of rotatable bonds is 8. The number of pyridine rings is 1. The van der Waals surface area contributed by atoms with Crippen molar-refractivity contribution in [2.75, 3.05) is 44.6 Å². The van der Waals surface area contributed by atoms with Gasteiger partial charge in [0.15, 0.2) is 5.69 Å². The maximum Gasteiger partial charge on any atom is 0.277 e. The van der Waals surface area contributed by atoms with Crippen LogP contribution < -0.4 is 15.0 Å². The zero-order chi connectivity index (χ0) is 20.8. The topological polar surface area (TPSA) is 81.5 Å². The number of ether oxygens (including phenoxy) is 2. The predicted octanol–water partition coefficient (Wildman–Crippen LogP) is 2.92. The molecule has 0 aliphatic carbocycles. The zero-order valence-electron chi connectivity index (χ0n) is 17.0. The van der Waals surface area contributed by atoms with Gasteiger partial charge in [0.1, 0.15) is 11.6 Å². The Morgan fingerprint density at radius 2 is 1.93 bits per heavy atom. The highest BCUT2D eigenvalue weighted by molar-refractivity contribution is 6.02. The van der Waals surface area contributed by atoms with Gasteiger partial charge >= 0.3 is 0 Å². The minimum absolute atomic E-state index is 0.312. The van der Waals surface area contributed by atoms with Gasteiger partial charge in [-0.25, -0.2) is 9.67 Å². The van der Waals surface area contributed by atoms with Crippen LogP contribution in [0.3, 0.4) is 0 Å². The van der Waals surface area contributed by atoms with E-state index in [4.69, 9.17) is 9.47 Å². The van der Waals surface area contributed by atoms with E-state index >= 15 is 0 Å². The Morgan fingerprint density at radius 3 is 2.55 bits per heavy atom. The van der Waals surface area contributed by atoms with Crippen LogP contribution >= 0.6 is 0 Å². The van der Waals surface area contributed by atoms with E-state index in [0.29, 0.717) is 18.1 Å². The molecule has 152 valence electrons. The molecule has 0 aliphatic heterocycles. The third kappa shape index (κ3) is 4.91. The van der Waals surface area contributed by atoms with Gasteiger partial charge < -0.3 is 19.7 Å². The number of methoxy groups -OCH3 is 2. The molecule has 0 saturated carbocycles. The van der Waals surface area contributed by atoms with E-state index in [1.54, 1.807) is 37.2 Å². The summed E-state index contributed by atoms with van der Waals surface area (Å²) in [6.45, 7) is 3.29. The summed E-state index contributed by atoms with van der Waals surface area (Å²) in [6.07, 6.45) is 1.71. The summed E-state index contributed by atoms with van der Waals surface area (Å²) in [6, 6.07) is 12.9. The fourth-order valence-electron chi connectivity index (χ4n) is 2.79. The van der Waals surface area contributed by atoms with Crippen LogP contribution in [0.5, 0.6) is 5.75 Å². The highest BCUT2D eigenvalue weighted by Gasteiger charge is 2.14. The summed E-state index contributed by atoms with van der Waals surface area (Å²) in [5.74, 6) is 0.919. The van der Waals surface area contributed by atoms with Crippen molar-refractivity contribution in [3.63, 3.8) is 0 Å². The molecule has 1 N–H and O–H groups in total. The van der Waals surface area contributed by atoms with E-state index in [0.717, 1.165) is 29.4 Å². The third-order valence-corrected chi connectivity index (χ3v) is 4.50. The van der Waals surface area contributed by atoms with Crippen molar-refractivity contribution in [2.45, 2.75) is 6.92 Å². The van der Waals surface area contributed by atoms with Crippen LogP contribution in [0.2, 0.25) is 0 Å². The Labute approximate surface area is 170 Å². The first kappa shape index (κ1) is 20.3. The second-order valence-electron chi connectivity index (χ2n) is 6.55. The number of nitrogens with one attached hydrogen (secondary N) is 1. The smallest absolute Gasteiger partial charge is 0.277 e. The van der Waals surface area contributed by atoms with Gasteiger partial charge in [0.2, 0.25) is 0 Å². The van der Waals surface area contributed by atoms with Gasteiger partial charge in [-0.1, -0.05) is 0 Å². The number of amides is 1. The van der Waals surface area contributed by atoms with Gasteiger partial charge in [0, 0.05) is 26.4 Å². The summed E-state index contributed by atoms with van der Waals surface area (Å²) in [5, 5.41) is 7.21. The lowest BCUT2D eigenvalue weighted by Crippen LogP contribution is -2.22. The SMILES string of the molecule is COCCN(C)c1ccc(NC(=O)c2cc(C)n(-c3ccc(OC)cc3)n2)nc1. The average molecular weight is 395 g/mol. The molecule has 0 fully saturated rings. The molecular formula is C21H25N5O3. The number of likely N-dealkylation sites (N-methyl/N-ethyl adjacent to an activating group) is 1. The largest absolute Gasteiger partial charge is 0.497 e. The fraction of sp³-hybridized carbons (Fsp3) is 0.286. The Balaban J connectivity index is 1.69. The fourth-order valence-corrected chi connectivity index (χ4v) is 2.79. The quantitative estimate of drug-likeness (QED) is 0.632. The molecule has 0 aliphatic rings. The minimum Gasteiger partial charge on any atom is -0.497 e. The van der Waals surface area contributed by atoms with E-state index in [9.17, 15) is 4.79 Å². The number of hydrogen-bond acceptors (Lipinski definition) is 6. The van der Waals surface area contributed by atoms with E-state index < -0.39 is 0 Å². The number of carbonyl (C=O) groups excluding carboxylic acids is 1. The summed E-state index contributed by atoms with van der Waals surface area (Å²) >= 11 is 0. The van der Waals surface area contributed by atoms with Crippen LogP contribution in [-0.4, -0.2) is 55.1 Å². The summed E-state index contributed by atoms with van der Waals surface area (Å²) in [4.78, 5) is 18.9. The van der Waals surface area contributed by atoms with Crippen LogP contribution in [0.15, 0.2) is 48.7 Å². The Kier molecular flexibility index (Phi) is 6.46. The highest BCUT2D eigenvalue weighted by atomic mass is 16.5. The monoisotopic (exact) mass is 395 g/mol. The van der Waals surface area contributed by atoms with E-state index in [2.05, 4.69) is 15.4 Å². The number of hydrogen-bond donors (Lipinski definition) is 1. The minimum atomic E-state index is -0.312. The van der Waals surface area contributed by atoms with Crippen molar-refractivity contribution in [1.82, 2.24) is 14.8 Å². The van der Waals surface area contributed by atoms with Gasteiger partial charge in [-0.2, -0.15) is 5.10 Å². The molecule has 0 saturated heterocycles. The molecule has 2 aromatic heterocycles. The molecule has 0 bridgehead atoms. The summed E-state index contributed by atoms with van der Waals surface area (Å²) < 4.78 is 12.0. The van der Waals surface area contributed by atoms with Gasteiger partial charge in [0.05, 0.1) is 31.3 Å². The van der Waals surface area contributed by atoms with Gasteiger partial charge in [-0.15, -0.1) is 0 Å². The number of aryl methyl sites for hydroxylation is 1. The number of benzene rings is 1. The lowest BCUT2D eigenvalue weighted by Gasteiger charge is -2.18. The summed E-state index contributed by atoms with van der Waals surface area (Å²) in [5.41, 5.74) is 2.97. The molecule has 8 nitrogen and oxygen atoms in total. The molecular weight excluding hydrogens is 370 g/mol. The molecule has 0 radical (unpaired) electrons. The Morgan fingerprint density at radius 1 is 1.17 bits per heavy atom. The van der Waals surface area contributed by atoms with Crippen molar-refractivity contribution in [1.29, 1.82) is 0 Å². The van der Waals surface area contributed by atoms with Crippen molar-refractivity contribution < 1.29 is 14.3 Å². The first-order chi connectivity index (χ1) is 14.0. The van der Waals surface area contributed by atoms with E-state index in [-0.39, 0.29) is 5.91 Å². The predicted molar refractivity (Wildman–Crippen MR) is 112 cm³/mol. The van der Waals surface area contributed by atoms with Crippen LogP contribution in [-0.2, 0) is 4.74 Å². The second kappa shape index (κ2) is 9.20.